The number of nitro benzene ring substituents is 1. The lowest BCUT2D eigenvalue weighted by atomic mass is 9.93. The van der Waals surface area contributed by atoms with Crippen molar-refractivity contribution >= 4 is 34.8 Å². The number of rotatable bonds is 8. The molecule has 3 aromatic carbocycles. The number of benzene rings is 3. The maximum atomic E-state index is 14.1. The minimum atomic E-state index is -0.830. The van der Waals surface area contributed by atoms with Gasteiger partial charge in [-0.15, -0.1) is 0 Å². The molecule has 10 nitrogen and oxygen atoms in total. The zero-order valence-corrected chi connectivity index (χ0v) is 25.4. The van der Waals surface area contributed by atoms with Crippen LogP contribution in [0.1, 0.15) is 35.4 Å². The number of aromatic nitrogens is 1. The molecule has 0 N–H and O–H groups in total. The van der Waals surface area contributed by atoms with Crippen molar-refractivity contribution in [1.29, 1.82) is 0 Å². The fourth-order valence-corrected chi connectivity index (χ4v) is 6.32. The Morgan fingerprint density at radius 1 is 1.07 bits per heavy atom. The molecule has 0 radical (unpaired) electrons. The molecule has 0 saturated heterocycles. The number of fused-ring (bicyclic) bond motifs is 1. The highest BCUT2D eigenvalue weighted by atomic mass is 32.1. The van der Waals surface area contributed by atoms with E-state index in [1.165, 1.54) is 22.0 Å². The van der Waals surface area contributed by atoms with Crippen LogP contribution < -0.4 is 19.6 Å². The summed E-state index contributed by atoms with van der Waals surface area (Å²) in [6, 6.07) is 23.9. The van der Waals surface area contributed by atoms with E-state index in [-0.39, 0.29) is 23.4 Å². The number of hydrogen-bond donors (Lipinski definition) is 0. The smallest absolute Gasteiger partial charge is 0.338 e. The number of furan rings is 1. The van der Waals surface area contributed by atoms with Crippen LogP contribution in [0.5, 0.6) is 5.75 Å². The van der Waals surface area contributed by atoms with Crippen molar-refractivity contribution in [3.63, 3.8) is 0 Å². The standard InChI is InChI=1S/C34H27N3O7S/c1-4-43-33(39)29-30(21-9-6-5-7-10-21)35-34-36(31(29)22-13-15-23(42-3)16-14-22)32(38)28(45-34)19-24-17-18-27(44-24)25-11-8-12-26(20(25)2)37(40)41/h5-19,31H,4H2,1-3H3/b28-19-/t31-/m0/s1. The van der Waals surface area contributed by atoms with Crippen LogP contribution in [0.4, 0.5) is 5.69 Å². The zero-order chi connectivity index (χ0) is 31.7. The second-order valence-corrected chi connectivity index (χ2v) is 11.1. The Hall–Kier alpha value is -5.55. The molecule has 1 aliphatic heterocycles. The van der Waals surface area contributed by atoms with Crippen molar-refractivity contribution in [2.24, 2.45) is 4.99 Å². The molecule has 0 bridgehead atoms. The number of nitrogens with zero attached hydrogens (tertiary/aromatic N) is 3. The topological polar surface area (TPSA) is 126 Å². The second kappa shape index (κ2) is 12.2. The molecule has 1 aliphatic rings. The van der Waals surface area contributed by atoms with Crippen LogP contribution in [0.3, 0.4) is 0 Å². The molecule has 0 spiro atoms. The lowest BCUT2D eigenvalue weighted by Gasteiger charge is -2.26. The van der Waals surface area contributed by atoms with Crippen molar-refractivity contribution in [2.75, 3.05) is 13.7 Å². The third kappa shape index (κ3) is 5.49. The van der Waals surface area contributed by atoms with Gasteiger partial charge in [0.25, 0.3) is 11.2 Å². The van der Waals surface area contributed by atoms with Crippen molar-refractivity contribution in [3.8, 4) is 17.1 Å². The molecule has 0 saturated carbocycles. The van der Waals surface area contributed by atoms with Crippen molar-refractivity contribution < 1.29 is 23.6 Å². The lowest BCUT2D eigenvalue weighted by molar-refractivity contribution is -0.385. The summed E-state index contributed by atoms with van der Waals surface area (Å²) in [5, 5.41) is 11.4. The monoisotopic (exact) mass is 621 g/mol. The minimum Gasteiger partial charge on any atom is -0.497 e. The van der Waals surface area contributed by atoms with E-state index >= 15 is 0 Å². The van der Waals surface area contributed by atoms with Crippen LogP contribution in [0, 0.1) is 17.0 Å². The predicted octanol–water partition coefficient (Wildman–Crippen LogP) is 5.42. The molecule has 11 heteroatoms. The average Bonchev–Trinajstić information content (AvgIpc) is 3.64. The Kier molecular flexibility index (Phi) is 8.01. The fraction of sp³-hybridized carbons (Fsp3) is 0.147. The van der Waals surface area contributed by atoms with Gasteiger partial charge in [-0.2, -0.15) is 0 Å². The molecule has 45 heavy (non-hydrogen) atoms. The van der Waals surface area contributed by atoms with Gasteiger partial charge in [0, 0.05) is 28.8 Å². The average molecular weight is 622 g/mol. The first-order valence-electron chi connectivity index (χ1n) is 14.1. The Morgan fingerprint density at radius 3 is 2.51 bits per heavy atom. The number of esters is 1. The van der Waals surface area contributed by atoms with E-state index in [4.69, 9.17) is 18.9 Å². The quantitative estimate of drug-likeness (QED) is 0.129. The summed E-state index contributed by atoms with van der Waals surface area (Å²) in [6.45, 7) is 3.54. The molecule has 0 unspecified atom stereocenters. The third-order valence-corrected chi connectivity index (χ3v) is 8.46. The van der Waals surface area contributed by atoms with E-state index in [9.17, 15) is 19.7 Å². The zero-order valence-electron chi connectivity index (χ0n) is 24.6. The number of carbonyl (C=O) groups is 1. The highest BCUT2D eigenvalue weighted by Crippen LogP contribution is 2.36. The summed E-state index contributed by atoms with van der Waals surface area (Å²) in [5.41, 5.74) is 2.73. The molecular weight excluding hydrogens is 594 g/mol. The lowest BCUT2D eigenvalue weighted by Crippen LogP contribution is -2.40. The predicted molar refractivity (Wildman–Crippen MR) is 170 cm³/mol. The van der Waals surface area contributed by atoms with E-state index in [2.05, 4.69) is 0 Å². The first kappa shape index (κ1) is 29.5. The van der Waals surface area contributed by atoms with E-state index in [0.717, 1.165) is 0 Å². The summed E-state index contributed by atoms with van der Waals surface area (Å²) >= 11 is 1.17. The number of hydrogen-bond acceptors (Lipinski definition) is 9. The highest BCUT2D eigenvalue weighted by Gasteiger charge is 2.35. The number of methoxy groups -OCH3 is 1. The van der Waals surface area contributed by atoms with Crippen LogP contribution in [-0.4, -0.2) is 29.2 Å². The normalized spacial score (nSPS) is 14.6. The van der Waals surface area contributed by atoms with Gasteiger partial charge in [0.2, 0.25) is 0 Å². The Bertz CT molecular complexity index is 2140. The second-order valence-electron chi connectivity index (χ2n) is 10.1. The summed E-state index contributed by atoms with van der Waals surface area (Å²) in [6.07, 6.45) is 1.61. The highest BCUT2D eigenvalue weighted by molar-refractivity contribution is 7.07. The van der Waals surface area contributed by atoms with Crippen molar-refractivity contribution in [3.05, 3.63) is 143 Å². The van der Waals surface area contributed by atoms with Gasteiger partial charge >= 0.3 is 5.97 Å². The Balaban J connectivity index is 1.54. The number of ether oxygens (including phenoxy) is 2. The van der Waals surface area contributed by atoms with Gasteiger partial charge in [0.1, 0.15) is 17.3 Å². The Morgan fingerprint density at radius 2 is 1.82 bits per heavy atom. The molecule has 0 aliphatic carbocycles. The summed E-state index contributed by atoms with van der Waals surface area (Å²) in [5.74, 6) is 0.874. The molecule has 5 aromatic rings. The SMILES string of the molecule is CCOC(=O)C1=C(c2ccccc2)N=c2s/c(=C\c3ccc(-c4cccc([N+](=O)[O-])c4C)o3)c(=O)n2[C@H]1c1ccc(OC)cc1. The molecular formula is C34H27N3O7S. The summed E-state index contributed by atoms with van der Waals surface area (Å²) in [7, 11) is 1.57. The van der Waals surface area contributed by atoms with Crippen molar-refractivity contribution in [1.82, 2.24) is 4.57 Å². The number of carbonyl (C=O) groups excluding carboxylic acids is 1. The van der Waals surface area contributed by atoms with Crippen molar-refractivity contribution in [2.45, 2.75) is 19.9 Å². The van der Waals surface area contributed by atoms with Crippen LogP contribution in [0.2, 0.25) is 0 Å². The van der Waals surface area contributed by atoms with E-state index in [1.54, 1.807) is 63.4 Å². The fourth-order valence-electron chi connectivity index (χ4n) is 5.33. The molecule has 1 atom stereocenters. The first-order chi connectivity index (χ1) is 21.8. The summed E-state index contributed by atoms with van der Waals surface area (Å²) in [4.78, 5) is 44.0. The molecule has 3 heterocycles. The van der Waals surface area contributed by atoms with Gasteiger partial charge in [-0.3, -0.25) is 19.5 Å². The van der Waals surface area contributed by atoms with Crippen LogP contribution in [-0.2, 0) is 9.53 Å². The van der Waals surface area contributed by atoms with Crippen LogP contribution in [0.25, 0.3) is 23.1 Å². The number of nitro groups is 1. The largest absolute Gasteiger partial charge is 0.497 e. The van der Waals surface area contributed by atoms with Gasteiger partial charge in [-0.25, -0.2) is 9.79 Å². The number of thiazole rings is 1. The van der Waals surface area contributed by atoms with Gasteiger partial charge in [0.15, 0.2) is 4.80 Å². The van der Waals surface area contributed by atoms with Gasteiger partial charge in [-0.05, 0) is 43.7 Å². The maximum absolute atomic E-state index is 14.1. The molecule has 2 aromatic heterocycles. The van der Waals surface area contributed by atoms with E-state index in [0.29, 0.717) is 54.6 Å². The van der Waals surface area contributed by atoms with Gasteiger partial charge in [-0.1, -0.05) is 65.9 Å². The first-order valence-corrected chi connectivity index (χ1v) is 14.9. The van der Waals surface area contributed by atoms with Crippen LogP contribution >= 0.6 is 11.3 Å². The molecule has 0 amide bonds. The Labute approximate surface area is 261 Å². The molecule has 226 valence electrons. The summed E-state index contributed by atoms with van der Waals surface area (Å²) < 4.78 is 18.7. The molecule has 0 fully saturated rings. The van der Waals surface area contributed by atoms with Gasteiger partial charge < -0.3 is 13.9 Å². The van der Waals surface area contributed by atoms with Crippen LogP contribution in [0.15, 0.2) is 105 Å². The van der Waals surface area contributed by atoms with Gasteiger partial charge in [0.05, 0.1) is 40.5 Å². The third-order valence-electron chi connectivity index (χ3n) is 7.47. The molecule has 6 rings (SSSR count). The minimum absolute atomic E-state index is 0.0103. The van der Waals surface area contributed by atoms with E-state index in [1.807, 2.05) is 42.5 Å². The maximum Gasteiger partial charge on any atom is 0.338 e. The van der Waals surface area contributed by atoms with E-state index < -0.39 is 16.9 Å².